The van der Waals surface area contributed by atoms with Crippen molar-refractivity contribution in [1.82, 2.24) is 9.80 Å². The van der Waals surface area contributed by atoms with Gasteiger partial charge < -0.3 is 19.8 Å². The van der Waals surface area contributed by atoms with Crippen LogP contribution in [0, 0.1) is 0 Å². The SMILES string of the molecule is CN(C)C[C@@]1(O)CCCN(C(=O)c2ccc(N(C)C)c3ccccc23)CC1. The van der Waals surface area contributed by atoms with Crippen LogP contribution in [-0.4, -0.2) is 74.2 Å². The molecule has 1 aliphatic heterocycles. The molecule has 1 N–H and O–H groups in total. The van der Waals surface area contributed by atoms with Gasteiger partial charge in [0.15, 0.2) is 0 Å². The van der Waals surface area contributed by atoms with Crippen LogP contribution in [0.25, 0.3) is 10.8 Å². The number of likely N-dealkylation sites (N-methyl/N-ethyl adjacent to an activating group) is 1. The summed E-state index contributed by atoms with van der Waals surface area (Å²) >= 11 is 0. The van der Waals surface area contributed by atoms with Crippen LogP contribution < -0.4 is 4.90 Å². The van der Waals surface area contributed by atoms with Gasteiger partial charge in [0, 0.05) is 50.4 Å². The fourth-order valence-electron chi connectivity index (χ4n) is 4.16. The number of anilines is 1. The lowest BCUT2D eigenvalue weighted by atomic mass is 9.94. The predicted octanol–water partition coefficient (Wildman–Crippen LogP) is 2.82. The third-order valence-electron chi connectivity index (χ3n) is 5.43. The monoisotopic (exact) mass is 369 g/mol. The molecule has 1 heterocycles. The Labute approximate surface area is 162 Å². The molecule has 0 bridgehead atoms. The molecule has 0 saturated carbocycles. The summed E-state index contributed by atoms with van der Waals surface area (Å²) in [7, 11) is 7.99. The summed E-state index contributed by atoms with van der Waals surface area (Å²) in [6, 6.07) is 12.1. The smallest absolute Gasteiger partial charge is 0.254 e. The third kappa shape index (κ3) is 4.25. The Morgan fingerprint density at radius 2 is 1.74 bits per heavy atom. The van der Waals surface area contributed by atoms with Crippen LogP contribution >= 0.6 is 0 Å². The van der Waals surface area contributed by atoms with E-state index < -0.39 is 5.60 Å². The summed E-state index contributed by atoms with van der Waals surface area (Å²) in [5.41, 5.74) is 1.14. The summed E-state index contributed by atoms with van der Waals surface area (Å²) in [6.07, 6.45) is 2.17. The first kappa shape index (κ1) is 19.6. The molecule has 0 aromatic heterocycles. The highest BCUT2D eigenvalue weighted by molar-refractivity contribution is 6.10. The maximum absolute atomic E-state index is 13.3. The molecule has 0 unspecified atom stereocenters. The lowest BCUT2D eigenvalue weighted by Crippen LogP contribution is -2.41. The molecule has 5 nitrogen and oxygen atoms in total. The summed E-state index contributed by atoms with van der Waals surface area (Å²) in [5.74, 6) is 0.0607. The fraction of sp³-hybridized carbons (Fsp3) is 0.500. The Hall–Kier alpha value is -2.11. The number of rotatable bonds is 4. The average Bonchev–Trinajstić information content (AvgIpc) is 2.81. The average molecular weight is 370 g/mol. The minimum atomic E-state index is -0.713. The highest BCUT2D eigenvalue weighted by Gasteiger charge is 2.32. The van der Waals surface area contributed by atoms with Crippen LogP contribution in [-0.2, 0) is 0 Å². The van der Waals surface area contributed by atoms with E-state index in [1.807, 2.05) is 68.3 Å². The first-order valence-electron chi connectivity index (χ1n) is 9.66. The normalized spacial score (nSPS) is 20.7. The van der Waals surface area contributed by atoms with E-state index in [-0.39, 0.29) is 5.91 Å². The van der Waals surface area contributed by atoms with Crippen LogP contribution in [0.15, 0.2) is 36.4 Å². The second-order valence-corrected chi connectivity index (χ2v) is 8.18. The minimum Gasteiger partial charge on any atom is -0.388 e. The summed E-state index contributed by atoms with van der Waals surface area (Å²) in [4.78, 5) is 19.3. The third-order valence-corrected chi connectivity index (χ3v) is 5.43. The van der Waals surface area contributed by atoms with Crippen molar-refractivity contribution in [2.45, 2.75) is 24.9 Å². The van der Waals surface area contributed by atoms with Crippen molar-refractivity contribution in [2.75, 3.05) is 52.7 Å². The molecule has 27 heavy (non-hydrogen) atoms. The summed E-state index contributed by atoms with van der Waals surface area (Å²) in [5, 5.41) is 13.0. The highest BCUT2D eigenvalue weighted by Crippen LogP contribution is 2.30. The lowest BCUT2D eigenvalue weighted by molar-refractivity contribution is 0.00305. The van der Waals surface area contributed by atoms with Gasteiger partial charge in [0.1, 0.15) is 0 Å². The van der Waals surface area contributed by atoms with E-state index in [1.165, 1.54) is 0 Å². The van der Waals surface area contributed by atoms with Gasteiger partial charge in [-0.25, -0.2) is 0 Å². The Bertz CT molecular complexity index is 818. The van der Waals surface area contributed by atoms with Gasteiger partial charge in [-0.05, 0) is 50.9 Å². The molecule has 1 atom stereocenters. The van der Waals surface area contributed by atoms with Crippen LogP contribution in [0.1, 0.15) is 29.6 Å². The molecule has 3 rings (SSSR count). The zero-order chi connectivity index (χ0) is 19.6. The van der Waals surface area contributed by atoms with Crippen molar-refractivity contribution in [3.05, 3.63) is 42.0 Å². The Balaban J connectivity index is 1.87. The van der Waals surface area contributed by atoms with E-state index in [4.69, 9.17) is 0 Å². The minimum absolute atomic E-state index is 0.0607. The van der Waals surface area contributed by atoms with Crippen LogP contribution in [0.3, 0.4) is 0 Å². The molecule has 1 amide bonds. The zero-order valence-electron chi connectivity index (χ0n) is 16.9. The van der Waals surface area contributed by atoms with E-state index in [2.05, 4.69) is 11.0 Å². The van der Waals surface area contributed by atoms with Gasteiger partial charge >= 0.3 is 0 Å². The number of amides is 1. The van der Waals surface area contributed by atoms with E-state index in [1.54, 1.807) is 0 Å². The van der Waals surface area contributed by atoms with Crippen LogP contribution in [0.4, 0.5) is 5.69 Å². The number of carbonyl (C=O) groups excluding carboxylic acids is 1. The molecule has 1 aliphatic rings. The quantitative estimate of drug-likeness (QED) is 0.900. The highest BCUT2D eigenvalue weighted by atomic mass is 16.3. The van der Waals surface area contributed by atoms with Gasteiger partial charge in [0.25, 0.3) is 5.91 Å². The Morgan fingerprint density at radius 3 is 2.41 bits per heavy atom. The zero-order valence-corrected chi connectivity index (χ0v) is 16.9. The van der Waals surface area contributed by atoms with Gasteiger partial charge in [0.05, 0.1) is 5.60 Å². The molecule has 1 fully saturated rings. The van der Waals surface area contributed by atoms with Crippen LogP contribution in [0.5, 0.6) is 0 Å². The number of nitrogens with zero attached hydrogens (tertiary/aromatic N) is 3. The molecule has 2 aromatic rings. The fourth-order valence-corrected chi connectivity index (χ4v) is 4.16. The van der Waals surface area contributed by atoms with Gasteiger partial charge in [-0.1, -0.05) is 24.3 Å². The van der Waals surface area contributed by atoms with Crippen LogP contribution in [0.2, 0.25) is 0 Å². The van der Waals surface area contributed by atoms with Gasteiger partial charge in [-0.2, -0.15) is 0 Å². The second kappa shape index (κ2) is 7.87. The number of benzene rings is 2. The van der Waals surface area contributed by atoms with Gasteiger partial charge in [-0.15, -0.1) is 0 Å². The molecule has 0 radical (unpaired) electrons. The van der Waals surface area contributed by atoms with E-state index >= 15 is 0 Å². The maximum atomic E-state index is 13.3. The molecule has 5 heteroatoms. The maximum Gasteiger partial charge on any atom is 0.254 e. The van der Waals surface area contributed by atoms with Crippen molar-refractivity contribution in [3.63, 3.8) is 0 Å². The van der Waals surface area contributed by atoms with Gasteiger partial charge in [0.2, 0.25) is 0 Å². The topological polar surface area (TPSA) is 47.0 Å². The molecule has 0 spiro atoms. The Kier molecular flexibility index (Phi) is 5.72. The number of aliphatic hydroxyl groups is 1. The van der Waals surface area contributed by atoms with Crippen molar-refractivity contribution in [2.24, 2.45) is 0 Å². The first-order chi connectivity index (χ1) is 12.8. The van der Waals surface area contributed by atoms with E-state index in [0.29, 0.717) is 26.1 Å². The molecular formula is C22H31N3O2. The first-order valence-corrected chi connectivity index (χ1v) is 9.66. The molecule has 0 aliphatic carbocycles. The van der Waals surface area contributed by atoms with Crippen molar-refractivity contribution in [3.8, 4) is 0 Å². The number of fused-ring (bicyclic) bond motifs is 1. The van der Waals surface area contributed by atoms with Crippen molar-refractivity contribution in [1.29, 1.82) is 0 Å². The Morgan fingerprint density at radius 1 is 1.04 bits per heavy atom. The van der Waals surface area contributed by atoms with E-state index in [0.717, 1.165) is 34.9 Å². The molecule has 2 aromatic carbocycles. The summed E-state index contributed by atoms with van der Waals surface area (Å²) < 4.78 is 0. The summed E-state index contributed by atoms with van der Waals surface area (Å²) in [6.45, 7) is 1.92. The van der Waals surface area contributed by atoms with Crippen molar-refractivity contribution < 1.29 is 9.90 Å². The standard InChI is InChI=1S/C22H31N3O2/c1-23(2)16-22(27)12-7-14-25(15-13-22)21(26)19-10-11-20(24(3)4)18-9-6-5-8-17(18)19/h5-6,8-11,27H,7,12-16H2,1-4H3/t22-/m1/s1. The molecule has 146 valence electrons. The molecular weight excluding hydrogens is 338 g/mol. The van der Waals surface area contributed by atoms with E-state index in [9.17, 15) is 9.90 Å². The number of hydrogen-bond acceptors (Lipinski definition) is 4. The number of carbonyl (C=O) groups is 1. The van der Waals surface area contributed by atoms with Crippen molar-refractivity contribution >= 4 is 22.4 Å². The van der Waals surface area contributed by atoms with Gasteiger partial charge in [-0.3, -0.25) is 4.79 Å². The number of likely N-dealkylation sites (tertiary alicyclic amines) is 1. The predicted molar refractivity (Wildman–Crippen MR) is 112 cm³/mol. The number of hydrogen-bond donors (Lipinski definition) is 1. The second-order valence-electron chi connectivity index (χ2n) is 8.18. The lowest BCUT2D eigenvalue weighted by Gasteiger charge is -2.30. The molecule has 1 saturated heterocycles. The largest absolute Gasteiger partial charge is 0.388 e.